The van der Waals surface area contributed by atoms with Crippen molar-refractivity contribution < 1.29 is 4.92 Å². The van der Waals surface area contributed by atoms with Crippen LogP contribution in [-0.2, 0) is 0 Å². The Kier molecular flexibility index (Phi) is 3.91. The average Bonchev–Trinajstić information content (AvgIpc) is 3.07. The second-order valence-electron chi connectivity index (χ2n) is 6.88. The van der Waals surface area contributed by atoms with Crippen LogP contribution in [0.4, 0.5) is 11.4 Å². The van der Waals surface area contributed by atoms with Gasteiger partial charge < -0.3 is 5.32 Å². The van der Waals surface area contributed by atoms with Gasteiger partial charge in [-0.05, 0) is 54.5 Å². The lowest BCUT2D eigenvalue weighted by Gasteiger charge is -2.38. The summed E-state index contributed by atoms with van der Waals surface area (Å²) in [7, 11) is 0. The van der Waals surface area contributed by atoms with Gasteiger partial charge in [-0.1, -0.05) is 46.3 Å². The van der Waals surface area contributed by atoms with Crippen LogP contribution in [-0.4, -0.2) is 4.92 Å². The molecule has 0 spiro atoms. The molecule has 2 aromatic carbocycles. The third kappa shape index (κ3) is 2.49. The lowest BCUT2D eigenvalue weighted by molar-refractivity contribution is -0.384. The third-order valence-electron chi connectivity index (χ3n) is 5.59. The fourth-order valence-corrected chi connectivity index (χ4v) is 4.79. The van der Waals surface area contributed by atoms with Crippen LogP contribution in [0.5, 0.6) is 0 Å². The largest absolute Gasteiger partial charge is 0.372 e. The van der Waals surface area contributed by atoms with Crippen LogP contribution in [0.25, 0.3) is 0 Å². The molecule has 2 aliphatic rings. The number of hydrogen-bond donors (Lipinski definition) is 1. The second kappa shape index (κ2) is 5.99. The zero-order valence-corrected chi connectivity index (χ0v) is 15.7. The van der Waals surface area contributed by atoms with Gasteiger partial charge >= 0.3 is 0 Å². The van der Waals surface area contributed by atoms with Gasteiger partial charge in [0.15, 0.2) is 0 Å². The molecule has 1 heterocycles. The number of nitrogens with one attached hydrogen (secondary N) is 1. The maximum atomic E-state index is 11.7. The Morgan fingerprint density at radius 1 is 1.28 bits per heavy atom. The molecule has 1 N–H and O–H groups in total. The van der Waals surface area contributed by atoms with E-state index in [0.29, 0.717) is 11.6 Å². The van der Waals surface area contributed by atoms with Crippen LogP contribution >= 0.6 is 15.9 Å². The Morgan fingerprint density at radius 2 is 2.04 bits per heavy atom. The minimum Gasteiger partial charge on any atom is -0.372 e. The van der Waals surface area contributed by atoms with Gasteiger partial charge in [0.1, 0.15) is 5.69 Å². The molecule has 0 unspecified atom stereocenters. The third-order valence-corrected chi connectivity index (χ3v) is 6.31. The summed E-state index contributed by atoms with van der Waals surface area (Å²) in [6, 6.07) is 9.86. The first-order valence-corrected chi connectivity index (χ1v) is 9.24. The van der Waals surface area contributed by atoms with E-state index < -0.39 is 0 Å². The van der Waals surface area contributed by atoms with Gasteiger partial charge in [0, 0.05) is 16.5 Å². The standard InChI is InChI=1S/C20H19BrN2O2/c1-11-10-17(23(24)25)20-18(12(11)2)13-7-5-8-14(13)19(22-20)15-6-3-4-9-16(15)21/h3-7,9-10,13-14,19,22H,8H2,1-2H3/t13-,14+,19-/m1/s1. The Balaban J connectivity index is 1.94. The highest BCUT2D eigenvalue weighted by molar-refractivity contribution is 9.10. The molecule has 25 heavy (non-hydrogen) atoms. The van der Waals surface area contributed by atoms with E-state index in [-0.39, 0.29) is 22.6 Å². The van der Waals surface area contributed by atoms with Crippen molar-refractivity contribution >= 4 is 27.3 Å². The van der Waals surface area contributed by atoms with Crippen LogP contribution in [0.1, 0.15) is 40.6 Å². The van der Waals surface area contributed by atoms with Crippen molar-refractivity contribution in [1.82, 2.24) is 0 Å². The number of benzene rings is 2. The molecule has 0 saturated carbocycles. The predicted octanol–water partition coefficient (Wildman–Crippen LogP) is 5.80. The highest BCUT2D eigenvalue weighted by Gasteiger charge is 2.42. The number of nitro groups is 1. The van der Waals surface area contributed by atoms with E-state index in [2.05, 4.69) is 46.4 Å². The summed E-state index contributed by atoms with van der Waals surface area (Å²) < 4.78 is 1.04. The number of allylic oxidation sites excluding steroid dienone is 2. The number of halogens is 1. The van der Waals surface area contributed by atoms with E-state index in [0.717, 1.165) is 33.1 Å². The van der Waals surface area contributed by atoms with Crippen molar-refractivity contribution in [3.8, 4) is 0 Å². The summed E-state index contributed by atoms with van der Waals surface area (Å²) >= 11 is 3.65. The van der Waals surface area contributed by atoms with Crippen LogP contribution < -0.4 is 5.32 Å². The van der Waals surface area contributed by atoms with Crippen LogP contribution in [0.3, 0.4) is 0 Å². The molecule has 1 aliphatic heterocycles. The summed E-state index contributed by atoms with van der Waals surface area (Å²) in [6.07, 6.45) is 5.41. The van der Waals surface area contributed by atoms with Crippen molar-refractivity contribution in [3.63, 3.8) is 0 Å². The predicted molar refractivity (Wildman–Crippen MR) is 103 cm³/mol. The van der Waals surface area contributed by atoms with Crippen LogP contribution in [0, 0.1) is 29.9 Å². The molecule has 0 aromatic heterocycles. The molecule has 1 aliphatic carbocycles. The molecule has 0 bridgehead atoms. The van der Waals surface area contributed by atoms with E-state index in [1.54, 1.807) is 6.07 Å². The summed E-state index contributed by atoms with van der Waals surface area (Å²) in [6.45, 7) is 4.03. The Bertz CT molecular complexity index is 907. The van der Waals surface area contributed by atoms with Crippen molar-refractivity contribution in [2.75, 3.05) is 5.32 Å². The zero-order valence-electron chi connectivity index (χ0n) is 14.1. The molecule has 3 atom stereocenters. The molecule has 5 heteroatoms. The van der Waals surface area contributed by atoms with E-state index in [1.165, 1.54) is 0 Å². The van der Waals surface area contributed by atoms with E-state index >= 15 is 0 Å². The van der Waals surface area contributed by atoms with E-state index in [1.807, 2.05) is 25.1 Å². The maximum Gasteiger partial charge on any atom is 0.292 e. The van der Waals surface area contributed by atoms with E-state index in [4.69, 9.17) is 0 Å². The van der Waals surface area contributed by atoms with Crippen molar-refractivity contribution in [1.29, 1.82) is 0 Å². The minimum absolute atomic E-state index is 0.0453. The molecule has 0 amide bonds. The van der Waals surface area contributed by atoms with Crippen molar-refractivity contribution in [3.05, 3.63) is 79.3 Å². The van der Waals surface area contributed by atoms with Gasteiger partial charge in [-0.3, -0.25) is 10.1 Å². The number of aryl methyl sites for hydroxylation is 1. The molecule has 0 radical (unpaired) electrons. The smallest absolute Gasteiger partial charge is 0.292 e. The van der Waals surface area contributed by atoms with Gasteiger partial charge in [-0.2, -0.15) is 0 Å². The fraction of sp³-hybridized carbons (Fsp3) is 0.300. The van der Waals surface area contributed by atoms with Crippen molar-refractivity contribution in [2.24, 2.45) is 5.92 Å². The van der Waals surface area contributed by atoms with Gasteiger partial charge in [-0.25, -0.2) is 0 Å². The lowest BCUT2D eigenvalue weighted by Crippen LogP contribution is -2.30. The Hall–Kier alpha value is -2.14. The fourth-order valence-electron chi connectivity index (χ4n) is 4.26. The van der Waals surface area contributed by atoms with Crippen LogP contribution in [0.2, 0.25) is 0 Å². The minimum atomic E-state index is -0.269. The summed E-state index contributed by atoms with van der Waals surface area (Å²) in [4.78, 5) is 11.4. The first-order chi connectivity index (χ1) is 12.0. The Labute approximate surface area is 155 Å². The van der Waals surface area contributed by atoms with Gasteiger partial charge in [0.25, 0.3) is 5.69 Å². The highest BCUT2D eigenvalue weighted by Crippen LogP contribution is 2.54. The average molecular weight is 399 g/mol. The summed E-state index contributed by atoms with van der Waals surface area (Å²) in [5.74, 6) is 0.582. The highest BCUT2D eigenvalue weighted by atomic mass is 79.9. The monoisotopic (exact) mass is 398 g/mol. The molecule has 4 nitrogen and oxygen atoms in total. The Morgan fingerprint density at radius 3 is 2.76 bits per heavy atom. The maximum absolute atomic E-state index is 11.7. The topological polar surface area (TPSA) is 55.2 Å². The SMILES string of the molecule is Cc1cc([N+](=O)[O-])c2c(c1C)[C@@H]1C=CC[C@@H]1[C@H](c1ccccc1Br)N2. The first-order valence-electron chi connectivity index (χ1n) is 8.45. The lowest BCUT2D eigenvalue weighted by atomic mass is 9.74. The van der Waals surface area contributed by atoms with Crippen LogP contribution in [0.15, 0.2) is 47.0 Å². The number of fused-ring (bicyclic) bond motifs is 3. The molecule has 2 aromatic rings. The summed E-state index contributed by atoms with van der Waals surface area (Å²) in [5, 5.41) is 15.2. The number of anilines is 1. The first kappa shape index (κ1) is 16.3. The normalized spacial score (nSPS) is 23.7. The summed E-state index contributed by atoms with van der Waals surface area (Å²) in [5.41, 5.74) is 5.23. The molecule has 4 rings (SSSR count). The molecule has 128 valence electrons. The van der Waals surface area contributed by atoms with Gasteiger partial charge in [0.05, 0.1) is 11.0 Å². The number of rotatable bonds is 2. The second-order valence-corrected chi connectivity index (χ2v) is 7.73. The number of nitro benzene ring substituents is 1. The van der Waals surface area contributed by atoms with Gasteiger partial charge in [-0.15, -0.1) is 0 Å². The molecule has 0 fully saturated rings. The van der Waals surface area contributed by atoms with Gasteiger partial charge in [0.2, 0.25) is 0 Å². The molecule has 0 saturated heterocycles. The van der Waals surface area contributed by atoms with Crippen molar-refractivity contribution in [2.45, 2.75) is 32.2 Å². The number of nitrogens with zero attached hydrogens (tertiary/aromatic N) is 1. The number of hydrogen-bond acceptors (Lipinski definition) is 3. The quantitative estimate of drug-likeness (QED) is 0.395. The molecular weight excluding hydrogens is 380 g/mol. The molecular formula is C20H19BrN2O2. The van der Waals surface area contributed by atoms with E-state index in [9.17, 15) is 10.1 Å². The zero-order chi connectivity index (χ0) is 17.7.